The molecule has 1 aliphatic heterocycles. The normalized spacial score (nSPS) is 19.9. The van der Waals surface area contributed by atoms with Gasteiger partial charge in [-0.3, -0.25) is 0 Å². The van der Waals surface area contributed by atoms with Gasteiger partial charge in [0, 0.05) is 24.2 Å². The van der Waals surface area contributed by atoms with E-state index in [2.05, 4.69) is 23.3 Å². The van der Waals surface area contributed by atoms with Crippen LogP contribution in [-0.4, -0.2) is 31.1 Å². The Morgan fingerprint density at radius 1 is 1.56 bits per heavy atom. The van der Waals surface area contributed by atoms with Crippen LogP contribution in [0.1, 0.15) is 24.0 Å². The summed E-state index contributed by atoms with van der Waals surface area (Å²) in [7, 11) is 2.17. The maximum Gasteiger partial charge on any atom is 0.0992 e. The van der Waals surface area contributed by atoms with Crippen molar-refractivity contribution in [3.63, 3.8) is 0 Å². The van der Waals surface area contributed by atoms with Crippen LogP contribution >= 0.6 is 11.6 Å². The van der Waals surface area contributed by atoms with E-state index in [-0.39, 0.29) is 0 Å². The first-order chi connectivity index (χ1) is 8.70. The first kappa shape index (κ1) is 13.4. The maximum absolute atomic E-state index is 8.77. The number of hydrogen-bond donors (Lipinski definition) is 1. The third kappa shape index (κ3) is 3.23. The van der Waals surface area contributed by atoms with E-state index in [4.69, 9.17) is 16.9 Å². The Bertz CT molecular complexity index is 453. The van der Waals surface area contributed by atoms with Crippen LogP contribution in [0.5, 0.6) is 0 Å². The SMILES string of the molecule is CN1CCCC1CNCc1ccc(C#N)cc1Cl. The zero-order valence-corrected chi connectivity index (χ0v) is 11.4. The Morgan fingerprint density at radius 3 is 3.00 bits per heavy atom. The molecular formula is C14H18ClN3. The minimum atomic E-state index is 0.610. The van der Waals surface area contributed by atoms with Gasteiger partial charge in [-0.15, -0.1) is 0 Å². The third-order valence-electron chi connectivity index (χ3n) is 3.55. The van der Waals surface area contributed by atoms with Gasteiger partial charge in [0.2, 0.25) is 0 Å². The molecule has 18 heavy (non-hydrogen) atoms. The highest BCUT2D eigenvalue weighted by atomic mass is 35.5. The molecule has 3 nitrogen and oxygen atoms in total. The van der Waals surface area contributed by atoms with Crippen molar-refractivity contribution in [2.75, 3.05) is 20.1 Å². The molecule has 1 saturated heterocycles. The topological polar surface area (TPSA) is 39.1 Å². The van der Waals surface area contributed by atoms with Gasteiger partial charge in [-0.25, -0.2) is 0 Å². The molecule has 2 rings (SSSR count). The van der Waals surface area contributed by atoms with E-state index in [0.29, 0.717) is 16.6 Å². The van der Waals surface area contributed by atoms with E-state index >= 15 is 0 Å². The highest BCUT2D eigenvalue weighted by molar-refractivity contribution is 6.31. The molecule has 1 aromatic rings. The van der Waals surface area contributed by atoms with Crippen molar-refractivity contribution in [2.24, 2.45) is 0 Å². The summed E-state index contributed by atoms with van der Waals surface area (Å²) in [6.07, 6.45) is 2.56. The van der Waals surface area contributed by atoms with Crippen molar-refractivity contribution in [3.05, 3.63) is 34.3 Å². The number of rotatable bonds is 4. The zero-order chi connectivity index (χ0) is 13.0. The van der Waals surface area contributed by atoms with Crippen LogP contribution in [0.3, 0.4) is 0 Å². The highest BCUT2D eigenvalue weighted by Gasteiger charge is 2.19. The van der Waals surface area contributed by atoms with Gasteiger partial charge in [0.05, 0.1) is 11.6 Å². The quantitative estimate of drug-likeness (QED) is 0.907. The Morgan fingerprint density at radius 2 is 2.39 bits per heavy atom. The van der Waals surface area contributed by atoms with Crippen molar-refractivity contribution < 1.29 is 0 Å². The first-order valence-corrected chi connectivity index (χ1v) is 6.68. The Kier molecular flexibility index (Phi) is 4.60. The van der Waals surface area contributed by atoms with E-state index in [1.54, 1.807) is 6.07 Å². The number of hydrogen-bond acceptors (Lipinski definition) is 3. The molecule has 1 heterocycles. The molecule has 1 aliphatic rings. The molecule has 4 heteroatoms. The fraction of sp³-hybridized carbons (Fsp3) is 0.500. The van der Waals surface area contributed by atoms with Gasteiger partial charge in [0.1, 0.15) is 0 Å². The van der Waals surface area contributed by atoms with Crippen LogP contribution in [0.2, 0.25) is 5.02 Å². The lowest BCUT2D eigenvalue weighted by molar-refractivity contribution is 0.300. The monoisotopic (exact) mass is 263 g/mol. The lowest BCUT2D eigenvalue weighted by atomic mass is 10.1. The lowest BCUT2D eigenvalue weighted by Gasteiger charge is -2.19. The van der Waals surface area contributed by atoms with Gasteiger partial charge in [0.25, 0.3) is 0 Å². The van der Waals surface area contributed by atoms with Gasteiger partial charge in [0.15, 0.2) is 0 Å². The second kappa shape index (κ2) is 6.19. The molecule has 1 N–H and O–H groups in total. The molecule has 0 amide bonds. The molecule has 0 spiro atoms. The fourth-order valence-corrected chi connectivity index (χ4v) is 2.62. The predicted molar refractivity (Wildman–Crippen MR) is 73.5 cm³/mol. The molecule has 0 bridgehead atoms. The summed E-state index contributed by atoms with van der Waals surface area (Å²) < 4.78 is 0. The zero-order valence-electron chi connectivity index (χ0n) is 10.6. The Hall–Kier alpha value is -1.08. The standard InChI is InChI=1S/C14H18ClN3/c1-18-6-2-3-13(18)10-17-9-12-5-4-11(8-16)7-14(12)15/h4-5,7,13,17H,2-3,6,9-10H2,1H3. The first-order valence-electron chi connectivity index (χ1n) is 6.30. The van der Waals surface area contributed by atoms with Gasteiger partial charge in [-0.1, -0.05) is 17.7 Å². The summed E-state index contributed by atoms with van der Waals surface area (Å²) in [5.41, 5.74) is 1.66. The molecule has 0 radical (unpaired) electrons. The van der Waals surface area contributed by atoms with Crippen LogP contribution in [0.4, 0.5) is 0 Å². The number of nitriles is 1. The Balaban J connectivity index is 1.85. The van der Waals surface area contributed by atoms with Crippen LogP contribution in [-0.2, 0) is 6.54 Å². The van der Waals surface area contributed by atoms with Crippen LogP contribution in [0.15, 0.2) is 18.2 Å². The fourth-order valence-electron chi connectivity index (χ4n) is 2.37. The van der Waals surface area contributed by atoms with Crippen LogP contribution in [0.25, 0.3) is 0 Å². The van der Waals surface area contributed by atoms with E-state index in [0.717, 1.165) is 18.7 Å². The van der Waals surface area contributed by atoms with Crippen LogP contribution in [0, 0.1) is 11.3 Å². The minimum Gasteiger partial charge on any atom is -0.311 e. The molecule has 0 aromatic heterocycles. The van der Waals surface area contributed by atoms with E-state index in [1.807, 2.05) is 12.1 Å². The number of nitrogens with one attached hydrogen (secondary N) is 1. The Labute approximate surface area is 113 Å². The smallest absolute Gasteiger partial charge is 0.0992 e. The summed E-state index contributed by atoms with van der Waals surface area (Å²) >= 11 is 6.13. The average Bonchev–Trinajstić information content (AvgIpc) is 2.77. The molecule has 1 unspecified atom stereocenters. The highest BCUT2D eigenvalue weighted by Crippen LogP contribution is 2.18. The molecule has 1 fully saturated rings. The van der Waals surface area contributed by atoms with Gasteiger partial charge >= 0.3 is 0 Å². The van der Waals surface area contributed by atoms with Crippen molar-refractivity contribution in [1.29, 1.82) is 5.26 Å². The third-order valence-corrected chi connectivity index (χ3v) is 3.90. The van der Waals surface area contributed by atoms with Crippen molar-refractivity contribution >= 4 is 11.6 Å². The van der Waals surface area contributed by atoms with Crippen LogP contribution < -0.4 is 5.32 Å². The largest absolute Gasteiger partial charge is 0.311 e. The second-order valence-electron chi connectivity index (χ2n) is 4.83. The van der Waals surface area contributed by atoms with E-state index in [1.165, 1.54) is 19.4 Å². The summed E-state index contributed by atoms with van der Waals surface area (Å²) in [5.74, 6) is 0. The maximum atomic E-state index is 8.77. The summed E-state index contributed by atoms with van der Waals surface area (Å²) in [5, 5.41) is 12.9. The lowest BCUT2D eigenvalue weighted by Crippen LogP contribution is -2.35. The van der Waals surface area contributed by atoms with Gasteiger partial charge < -0.3 is 10.2 Å². The second-order valence-corrected chi connectivity index (χ2v) is 5.23. The van der Waals surface area contributed by atoms with E-state index in [9.17, 15) is 0 Å². The van der Waals surface area contributed by atoms with Crippen molar-refractivity contribution in [2.45, 2.75) is 25.4 Å². The molecule has 0 saturated carbocycles. The van der Waals surface area contributed by atoms with E-state index < -0.39 is 0 Å². The number of likely N-dealkylation sites (tertiary alicyclic amines) is 1. The number of halogens is 1. The van der Waals surface area contributed by atoms with Crippen molar-refractivity contribution in [3.8, 4) is 6.07 Å². The number of likely N-dealkylation sites (N-methyl/N-ethyl adjacent to an activating group) is 1. The van der Waals surface area contributed by atoms with Gasteiger partial charge in [-0.05, 0) is 44.1 Å². The summed E-state index contributed by atoms with van der Waals surface area (Å²) in [6, 6.07) is 8.19. The molecule has 1 aromatic carbocycles. The number of benzene rings is 1. The molecule has 0 aliphatic carbocycles. The summed E-state index contributed by atoms with van der Waals surface area (Å²) in [4.78, 5) is 2.40. The molecule has 1 atom stereocenters. The van der Waals surface area contributed by atoms with Crippen molar-refractivity contribution in [1.82, 2.24) is 10.2 Å². The molecule has 96 valence electrons. The van der Waals surface area contributed by atoms with Gasteiger partial charge in [-0.2, -0.15) is 5.26 Å². The predicted octanol–water partition coefficient (Wildman–Crippen LogP) is 2.40. The molecular weight excluding hydrogens is 246 g/mol. The minimum absolute atomic E-state index is 0.610. The summed E-state index contributed by atoms with van der Waals surface area (Å²) in [6.45, 7) is 2.95. The number of nitrogens with zero attached hydrogens (tertiary/aromatic N) is 2. The average molecular weight is 264 g/mol.